The summed E-state index contributed by atoms with van der Waals surface area (Å²) < 4.78 is 5.77. The highest BCUT2D eigenvalue weighted by atomic mass is 32.2. The lowest BCUT2D eigenvalue weighted by Gasteiger charge is -2.24. The molecule has 0 saturated heterocycles. The normalized spacial score (nSPS) is 22.0. The van der Waals surface area contributed by atoms with Crippen LogP contribution in [0.5, 0.6) is 0 Å². The van der Waals surface area contributed by atoms with Gasteiger partial charge in [-0.05, 0) is 31.3 Å². The van der Waals surface area contributed by atoms with Gasteiger partial charge in [-0.2, -0.15) is 0 Å². The molecule has 2 N–H and O–H groups in total. The first-order valence-electron chi connectivity index (χ1n) is 14.7. The monoisotopic (exact) mass is 621 g/mol. The zero-order valence-electron chi connectivity index (χ0n) is 24.3. The summed E-state index contributed by atoms with van der Waals surface area (Å²) in [6.45, 7) is 6.18. The lowest BCUT2D eigenvalue weighted by Crippen LogP contribution is -2.48. The minimum absolute atomic E-state index is 0.0336. The molecule has 3 atom stereocenters. The molecule has 0 fully saturated rings. The molecule has 8 nitrogen and oxygen atoms in total. The minimum Gasteiger partial charge on any atom is -0.456 e. The molecule has 11 heteroatoms. The fourth-order valence-electron chi connectivity index (χ4n) is 4.41. The fraction of sp³-hybridized carbons (Fsp3) is 0.633. The number of allylic oxidation sites excluding steroid dienone is 1. The first-order valence-corrected chi connectivity index (χ1v) is 17.5. The number of hydrogen-bond acceptors (Lipinski definition) is 9. The Kier molecular flexibility index (Phi) is 14.5. The van der Waals surface area contributed by atoms with Crippen molar-refractivity contribution in [1.82, 2.24) is 15.6 Å². The maximum atomic E-state index is 13.2. The number of carbonyl (C=O) groups is 4. The maximum Gasteiger partial charge on any atom is 0.329 e. The van der Waals surface area contributed by atoms with Crippen LogP contribution in [0.4, 0.5) is 0 Å². The van der Waals surface area contributed by atoms with Crippen molar-refractivity contribution in [3.63, 3.8) is 0 Å². The Bertz CT molecular complexity index is 1100. The van der Waals surface area contributed by atoms with E-state index >= 15 is 0 Å². The van der Waals surface area contributed by atoms with E-state index in [4.69, 9.17) is 4.74 Å². The van der Waals surface area contributed by atoms with Gasteiger partial charge < -0.3 is 15.4 Å². The number of hydrogen-bond donors (Lipinski definition) is 2. The van der Waals surface area contributed by atoms with Crippen LogP contribution in [0, 0.1) is 11.8 Å². The summed E-state index contributed by atoms with van der Waals surface area (Å²) in [4.78, 5) is 56.7. The van der Waals surface area contributed by atoms with Crippen molar-refractivity contribution >= 4 is 62.7 Å². The molecule has 1 aromatic rings. The van der Waals surface area contributed by atoms with Gasteiger partial charge in [0.1, 0.15) is 17.2 Å². The Morgan fingerprint density at radius 1 is 1.20 bits per heavy atom. The third-order valence-electron chi connectivity index (χ3n) is 6.83. The summed E-state index contributed by atoms with van der Waals surface area (Å²) in [5, 5.41) is 8.71. The van der Waals surface area contributed by atoms with E-state index in [1.54, 1.807) is 17.8 Å². The van der Waals surface area contributed by atoms with Crippen molar-refractivity contribution in [2.24, 2.45) is 11.8 Å². The summed E-state index contributed by atoms with van der Waals surface area (Å²) in [6, 6.07) is -0.827. The van der Waals surface area contributed by atoms with Gasteiger partial charge in [0, 0.05) is 28.2 Å². The first kappa shape index (κ1) is 33.4. The number of nitrogens with zero attached hydrogens (tertiary/aromatic N) is 1. The molecule has 0 aromatic carbocycles. The van der Waals surface area contributed by atoms with Crippen LogP contribution in [-0.4, -0.2) is 51.5 Å². The van der Waals surface area contributed by atoms with E-state index in [1.807, 2.05) is 31.4 Å². The second-order valence-electron chi connectivity index (χ2n) is 10.7. The lowest BCUT2D eigenvalue weighted by atomic mass is 10.0. The van der Waals surface area contributed by atoms with Crippen molar-refractivity contribution in [1.29, 1.82) is 0 Å². The lowest BCUT2D eigenvalue weighted by molar-refractivity contribution is -0.153. The standard InChI is InChI=1S/C30H43N3O5S3/c1-4-5-6-7-10-13-27(35)39-14-11-8-9-12-22-16-25(34)31-17-26-32-23(19-41-26)24-15-21(18-40-24)29(36)33-28(20(2)3)30(37)38-22/h9,12,15,19-22,28H,4-8,10-11,13-14,16-18H2,1-3H3,(H,31,34)(H,33,36)/b12-9+/t21?,22-,28?/m0/s1. The average molecular weight is 622 g/mol. The predicted molar refractivity (Wildman–Crippen MR) is 168 cm³/mol. The van der Waals surface area contributed by atoms with Crippen molar-refractivity contribution in [2.75, 3.05) is 11.5 Å². The van der Waals surface area contributed by atoms with E-state index in [0.717, 1.165) is 40.6 Å². The molecule has 41 heavy (non-hydrogen) atoms. The molecular weight excluding hydrogens is 579 g/mol. The van der Waals surface area contributed by atoms with Crippen LogP contribution in [0.2, 0.25) is 0 Å². The number of esters is 1. The first-order chi connectivity index (χ1) is 19.8. The molecule has 0 radical (unpaired) electrons. The highest BCUT2D eigenvalue weighted by Crippen LogP contribution is 2.37. The number of unbranched alkanes of at least 4 members (excludes halogenated alkanes) is 5. The van der Waals surface area contributed by atoms with Crippen LogP contribution in [0.1, 0.15) is 89.3 Å². The average Bonchev–Trinajstić information content (AvgIpc) is 3.61. The van der Waals surface area contributed by atoms with Crippen LogP contribution in [0.15, 0.2) is 23.6 Å². The van der Waals surface area contributed by atoms with Gasteiger partial charge in [-0.3, -0.25) is 14.4 Å². The van der Waals surface area contributed by atoms with Gasteiger partial charge in [-0.25, -0.2) is 9.78 Å². The van der Waals surface area contributed by atoms with Crippen LogP contribution in [0.25, 0.3) is 4.91 Å². The van der Waals surface area contributed by atoms with Gasteiger partial charge in [0.25, 0.3) is 0 Å². The SMILES string of the molecule is CCCCCCCC(=O)SCCC/C=C/[C@H]1CC(=O)NCc2nc(cs2)C2=CC(CS2)C(=O)NC(C(C)C)C(=O)O1. The second-order valence-corrected chi connectivity index (χ2v) is 13.9. The van der Waals surface area contributed by atoms with Gasteiger partial charge >= 0.3 is 5.97 Å². The summed E-state index contributed by atoms with van der Waals surface area (Å²) in [5.74, 6) is -0.263. The van der Waals surface area contributed by atoms with E-state index in [-0.39, 0.29) is 41.7 Å². The van der Waals surface area contributed by atoms with Crippen LogP contribution >= 0.6 is 34.9 Å². The molecule has 2 aliphatic heterocycles. The summed E-state index contributed by atoms with van der Waals surface area (Å²) in [7, 11) is 0. The van der Waals surface area contributed by atoms with Gasteiger partial charge in [0.05, 0.1) is 24.6 Å². The molecule has 226 valence electrons. The zero-order valence-corrected chi connectivity index (χ0v) is 26.8. The number of rotatable bonds is 12. The number of thiazole rings is 1. The van der Waals surface area contributed by atoms with Crippen molar-refractivity contribution in [2.45, 2.75) is 97.2 Å². The third-order valence-corrected chi connectivity index (χ3v) is 9.88. The number of amides is 2. The van der Waals surface area contributed by atoms with Crippen LogP contribution < -0.4 is 10.6 Å². The third kappa shape index (κ3) is 11.6. The van der Waals surface area contributed by atoms with Crippen LogP contribution in [-0.2, 0) is 30.5 Å². The quantitative estimate of drug-likeness (QED) is 0.169. The summed E-state index contributed by atoms with van der Waals surface area (Å²) >= 11 is 4.40. The number of carbonyl (C=O) groups excluding carboxylic acids is 4. The summed E-state index contributed by atoms with van der Waals surface area (Å²) in [5.41, 5.74) is 0.805. The van der Waals surface area contributed by atoms with Crippen molar-refractivity contribution in [3.05, 3.63) is 34.3 Å². The summed E-state index contributed by atoms with van der Waals surface area (Å²) in [6.07, 6.45) is 12.6. The molecule has 3 rings (SSSR count). The number of nitrogens with one attached hydrogen (secondary N) is 2. The van der Waals surface area contributed by atoms with Gasteiger partial charge in [0.2, 0.25) is 11.8 Å². The van der Waals surface area contributed by atoms with E-state index in [1.165, 1.54) is 42.4 Å². The highest BCUT2D eigenvalue weighted by Gasteiger charge is 2.32. The number of thioether (sulfide) groups is 2. The number of fused-ring (bicyclic) bond motifs is 4. The molecule has 1 aromatic heterocycles. The Morgan fingerprint density at radius 3 is 2.78 bits per heavy atom. The van der Waals surface area contributed by atoms with Gasteiger partial charge in [0.15, 0.2) is 5.12 Å². The van der Waals surface area contributed by atoms with E-state index < -0.39 is 18.1 Å². The van der Waals surface area contributed by atoms with Crippen molar-refractivity contribution in [3.8, 4) is 0 Å². The molecule has 4 bridgehead atoms. The van der Waals surface area contributed by atoms with E-state index in [2.05, 4.69) is 22.5 Å². The molecule has 0 spiro atoms. The molecular formula is C30H43N3O5S3. The second kappa shape index (κ2) is 17.8. The Balaban J connectivity index is 1.58. The molecule has 0 aliphatic carbocycles. The zero-order chi connectivity index (χ0) is 29.6. The largest absolute Gasteiger partial charge is 0.456 e. The number of aromatic nitrogens is 1. The smallest absolute Gasteiger partial charge is 0.329 e. The van der Waals surface area contributed by atoms with Crippen molar-refractivity contribution < 1.29 is 23.9 Å². The van der Waals surface area contributed by atoms with Gasteiger partial charge in [-0.15, -0.1) is 23.1 Å². The topological polar surface area (TPSA) is 114 Å². The predicted octanol–water partition coefficient (Wildman–Crippen LogP) is 5.88. The van der Waals surface area contributed by atoms with Gasteiger partial charge in [-0.1, -0.05) is 70.4 Å². The Hall–Kier alpha value is -2.11. The number of ether oxygens (including phenoxy) is 1. The molecule has 2 amide bonds. The molecule has 0 saturated carbocycles. The molecule has 2 unspecified atom stereocenters. The Labute approximate surface area is 256 Å². The maximum absolute atomic E-state index is 13.2. The molecule has 3 heterocycles. The highest BCUT2D eigenvalue weighted by molar-refractivity contribution is 8.13. The minimum atomic E-state index is -0.827. The van der Waals surface area contributed by atoms with Crippen LogP contribution in [0.3, 0.4) is 0 Å². The van der Waals surface area contributed by atoms with E-state index in [9.17, 15) is 19.2 Å². The number of cyclic esters (lactones) is 1. The fourth-order valence-corrected chi connectivity index (χ4v) is 7.17. The molecule has 2 aliphatic rings. The van der Waals surface area contributed by atoms with E-state index in [0.29, 0.717) is 18.6 Å². The Morgan fingerprint density at radius 2 is 2.00 bits per heavy atom.